The van der Waals surface area contributed by atoms with Gasteiger partial charge in [-0.25, -0.2) is 0 Å². The molecule has 0 amide bonds. The summed E-state index contributed by atoms with van der Waals surface area (Å²) in [5.41, 5.74) is 3.44. The molecule has 3 rings (SSSR count). The second-order valence-electron chi connectivity index (χ2n) is 6.86. The third kappa shape index (κ3) is 4.09. The molecule has 0 spiro atoms. The minimum Gasteiger partial charge on any atom is -0.494 e. The van der Waals surface area contributed by atoms with Crippen LogP contribution in [-0.4, -0.2) is 19.0 Å². The lowest BCUT2D eigenvalue weighted by Gasteiger charge is -2.08. The van der Waals surface area contributed by atoms with E-state index in [9.17, 15) is 4.79 Å². The molecular formula is C23H28O3. The van der Waals surface area contributed by atoms with Gasteiger partial charge in [0.2, 0.25) is 0 Å². The lowest BCUT2D eigenvalue weighted by atomic mass is 10.1. The molecule has 138 valence electrons. The molecule has 3 heteroatoms. The Morgan fingerprint density at radius 3 is 1.54 bits per heavy atom. The van der Waals surface area contributed by atoms with Crippen LogP contribution in [0.2, 0.25) is 0 Å². The molecule has 1 aliphatic carbocycles. The van der Waals surface area contributed by atoms with Crippen molar-refractivity contribution in [2.24, 2.45) is 0 Å². The monoisotopic (exact) mass is 352 g/mol. The molecule has 0 radical (unpaired) electrons. The average molecular weight is 352 g/mol. The largest absolute Gasteiger partial charge is 0.494 e. The fraction of sp³-hybridized carbons (Fsp3) is 0.435. The molecule has 0 heterocycles. The SMILES string of the molecule is CCCCCOc1ccc2c(c1)C(=O)c1cc(OCCCCC)ccc1-2. The third-order valence-corrected chi connectivity index (χ3v) is 4.79. The van der Waals surface area contributed by atoms with Gasteiger partial charge >= 0.3 is 0 Å². The van der Waals surface area contributed by atoms with Gasteiger partial charge < -0.3 is 9.47 Å². The van der Waals surface area contributed by atoms with Crippen LogP contribution in [0.3, 0.4) is 0 Å². The van der Waals surface area contributed by atoms with Crippen LogP contribution in [-0.2, 0) is 0 Å². The van der Waals surface area contributed by atoms with Gasteiger partial charge in [-0.05, 0) is 60.4 Å². The van der Waals surface area contributed by atoms with E-state index in [0.29, 0.717) is 13.2 Å². The highest BCUT2D eigenvalue weighted by Gasteiger charge is 2.27. The van der Waals surface area contributed by atoms with Crippen molar-refractivity contribution in [2.75, 3.05) is 13.2 Å². The van der Waals surface area contributed by atoms with Gasteiger partial charge in [0.15, 0.2) is 5.78 Å². The summed E-state index contributed by atoms with van der Waals surface area (Å²) >= 11 is 0. The Balaban J connectivity index is 1.71. The average Bonchev–Trinajstić information content (AvgIpc) is 2.94. The molecule has 0 unspecified atom stereocenters. The smallest absolute Gasteiger partial charge is 0.194 e. The summed E-state index contributed by atoms with van der Waals surface area (Å²) in [4.78, 5) is 12.8. The van der Waals surface area contributed by atoms with Crippen molar-refractivity contribution < 1.29 is 14.3 Å². The van der Waals surface area contributed by atoms with Crippen LogP contribution in [0.1, 0.15) is 68.3 Å². The zero-order valence-electron chi connectivity index (χ0n) is 15.8. The molecule has 0 saturated heterocycles. The zero-order valence-corrected chi connectivity index (χ0v) is 15.8. The van der Waals surface area contributed by atoms with Crippen molar-refractivity contribution in [3.8, 4) is 22.6 Å². The number of benzene rings is 2. The molecule has 1 aliphatic rings. The fourth-order valence-corrected chi connectivity index (χ4v) is 3.30. The maximum absolute atomic E-state index is 12.8. The van der Waals surface area contributed by atoms with Crippen LogP contribution in [0.5, 0.6) is 11.5 Å². The predicted molar refractivity (Wildman–Crippen MR) is 105 cm³/mol. The van der Waals surface area contributed by atoms with E-state index in [-0.39, 0.29) is 5.78 Å². The van der Waals surface area contributed by atoms with Gasteiger partial charge in [-0.3, -0.25) is 4.79 Å². The third-order valence-electron chi connectivity index (χ3n) is 4.79. The van der Waals surface area contributed by atoms with Gasteiger partial charge in [-0.15, -0.1) is 0 Å². The summed E-state index contributed by atoms with van der Waals surface area (Å²) in [5, 5.41) is 0. The Labute approximate surface area is 156 Å². The molecule has 2 aromatic rings. The molecular weight excluding hydrogens is 324 g/mol. The first kappa shape index (κ1) is 18.5. The second-order valence-corrected chi connectivity index (χ2v) is 6.86. The maximum Gasteiger partial charge on any atom is 0.194 e. The minimum atomic E-state index is 0.0630. The molecule has 0 saturated carbocycles. The van der Waals surface area contributed by atoms with E-state index in [4.69, 9.17) is 9.47 Å². The highest BCUT2D eigenvalue weighted by atomic mass is 16.5. The number of unbranched alkanes of at least 4 members (excludes halogenated alkanes) is 4. The Hall–Kier alpha value is -2.29. The zero-order chi connectivity index (χ0) is 18.4. The van der Waals surface area contributed by atoms with Crippen molar-refractivity contribution in [3.63, 3.8) is 0 Å². The lowest BCUT2D eigenvalue weighted by Crippen LogP contribution is -2.00. The number of fused-ring (bicyclic) bond motifs is 3. The number of ether oxygens (including phenoxy) is 2. The quantitative estimate of drug-likeness (QED) is 0.418. The van der Waals surface area contributed by atoms with Crippen LogP contribution in [0.4, 0.5) is 0 Å². The van der Waals surface area contributed by atoms with Gasteiger partial charge in [0.05, 0.1) is 13.2 Å². The van der Waals surface area contributed by atoms with Crippen LogP contribution >= 0.6 is 0 Å². The molecule has 3 nitrogen and oxygen atoms in total. The molecule has 2 aromatic carbocycles. The summed E-state index contributed by atoms with van der Waals surface area (Å²) in [7, 11) is 0. The predicted octanol–water partition coefficient (Wildman–Crippen LogP) is 6.04. The van der Waals surface area contributed by atoms with E-state index < -0.39 is 0 Å². The van der Waals surface area contributed by atoms with Crippen molar-refractivity contribution in [1.82, 2.24) is 0 Å². The first-order chi connectivity index (χ1) is 12.7. The Kier molecular flexibility index (Phi) is 6.32. The summed E-state index contributed by atoms with van der Waals surface area (Å²) in [6, 6.07) is 11.7. The highest BCUT2D eigenvalue weighted by Crippen LogP contribution is 2.39. The second kappa shape index (κ2) is 8.88. The summed E-state index contributed by atoms with van der Waals surface area (Å²) in [5.74, 6) is 1.61. The van der Waals surface area contributed by atoms with Gasteiger partial charge in [0, 0.05) is 11.1 Å². The summed E-state index contributed by atoms with van der Waals surface area (Å²) < 4.78 is 11.6. The van der Waals surface area contributed by atoms with Gasteiger partial charge in [0.25, 0.3) is 0 Å². The highest BCUT2D eigenvalue weighted by molar-refractivity contribution is 6.22. The first-order valence-electron chi connectivity index (χ1n) is 9.83. The topological polar surface area (TPSA) is 35.5 Å². The van der Waals surface area contributed by atoms with Crippen LogP contribution in [0, 0.1) is 0 Å². The number of carbonyl (C=O) groups is 1. The first-order valence-corrected chi connectivity index (χ1v) is 9.83. The molecule has 26 heavy (non-hydrogen) atoms. The van der Waals surface area contributed by atoms with E-state index in [1.54, 1.807) is 0 Å². The molecule has 0 fully saturated rings. The van der Waals surface area contributed by atoms with Crippen LogP contribution in [0.15, 0.2) is 36.4 Å². The fourth-order valence-electron chi connectivity index (χ4n) is 3.30. The van der Waals surface area contributed by atoms with Crippen molar-refractivity contribution in [2.45, 2.75) is 52.4 Å². The number of hydrogen-bond acceptors (Lipinski definition) is 3. The molecule has 0 bridgehead atoms. The Morgan fingerprint density at radius 1 is 0.654 bits per heavy atom. The van der Waals surface area contributed by atoms with Crippen LogP contribution < -0.4 is 9.47 Å². The number of carbonyl (C=O) groups excluding carboxylic acids is 1. The van der Waals surface area contributed by atoms with Gasteiger partial charge in [-0.1, -0.05) is 39.5 Å². The van der Waals surface area contributed by atoms with Crippen molar-refractivity contribution >= 4 is 5.78 Å². The van der Waals surface area contributed by atoms with Crippen molar-refractivity contribution in [1.29, 1.82) is 0 Å². The maximum atomic E-state index is 12.8. The van der Waals surface area contributed by atoms with E-state index >= 15 is 0 Å². The Morgan fingerprint density at radius 2 is 1.12 bits per heavy atom. The number of ketones is 1. The summed E-state index contributed by atoms with van der Waals surface area (Å²) in [6.07, 6.45) is 6.75. The normalized spacial score (nSPS) is 12.0. The van der Waals surface area contributed by atoms with E-state index in [2.05, 4.69) is 13.8 Å². The molecule has 0 N–H and O–H groups in total. The molecule has 0 aromatic heterocycles. The number of rotatable bonds is 10. The summed E-state index contributed by atoms with van der Waals surface area (Å²) in [6.45, 7) is 5.74. The number of hydrogen-bond donors (Lipinski definition) is 0. The Bertz CT molecular complexity index is 701. The molecule has 0 aliphatic heterocycles. The van der Waals surface area contributed by atoms with E-state index in [1.807, 2.05) is 36.4 Å². The van der Waals surface area contributed by atoms with Crippen LogP contribution in [0.25, 0.3) is 11.1 Å². The van der Waals surface area contributed by atoms with Gasteiger partial charge in [-0.2, -0.15) is 0 Å². The van der Waals surface area contributed by atoms with E-state index in [0.717, 1.165) is 59.4 Å². The standard InChI is InChI=1S/C23H28O3/c1-3-5-7-13-25-17-9-11-19-20-12-10-18(26-14-8-6-4-2)16-22(20)23(24)21(19)15-17/h9-12,15-16H,3-8,13-14H2,1-2H3. The minimum absolute atomic E-state index is 0.0630. The van der Waals surface area contributed by atoms with Gasteiger partial charge in [0.1, 0.15) is 11.5 Å². The van der Waals surface area contributed by atoms with E-state index in [1.165, 1.54) is 12.8 Å². The van der Waals surface area contributed by atoms with Crippen molar-refractivity contribution in [3.05, 3.63) is 47.5 Å². The lowest BCUT2D eigenvalue weighted by molar-refractivity contribution is 0.104. The molecule has 0 atom stereocenters.